The van der Waals surface area contributed by atoms with Crippen molar-refractivity contribution in [1.82, 2.24) is 4.90 Å². The number of benzene rings is 1. The van der Waals surface area contributed by atoms with Gasteiger partial charge in [0.15, 0.2) is 0 Å². The summed E-state index contributed by atoms with van der Waals surface area (Å²) in [6.45, 7) is 6.90. The first kappa shape index (κ1) is 21.4. The molecule has 1 aromatic rings. The molecule has 1 heterocycles. The lowest BCUT2D eigenvalue weighted by Crippen LogP contribution is -2.63. The maximum Gasteiger partial charge on any atom is 0.247 e. The average molecular weight is 447 g/mol. The normalized spacial score (nSPS) is 48.1. The molecule has 2 amide bonds. The molecule has 5 aliphatic rings. The largest absolute Gasteiger partial charge is 0.369 e. The fourth-order valence-corrected chi connectivity index (χ4v) is 9.33. The van der Waals surface area contributed by atoms with Crippen LogP contribution in [0, 0.1) is 34.0 Å². The van der Waals surface area contributed by atoms with Crippen LogP contribution in [0.25, 0.3) is 0 Å². The van der Waals surface area contributed by atoms with E-state index in [0.717, 1.165) is 23.8 Å². The Labute approximate surface area is 198 Å². The van der Waals surface area contributed by atoms with E-state index in [1.807, 2.05) is 31.2 Å². The van der Waals surface area contributed by atoms with E-state index in [9.17, 15) is 9.59 Å². The number of primary amides is 1. The van der Waals surface area contributed by atoms with E-state index in [1.54, 1.807) is 0 Å². The molecule has 0 bridgehead atoms. The number of nitrogens with two attached hydrogens (primary N) is 1. The summed E-state index contributed by atoms with van der Waals surface area (Å²) in [7, 11) is 0. The predicted molar refractivity (Wildman–Crippen MR) is 129 cm³/mol. The first-order valence-corrected chi connectivity index (χ1v) is 13.1. The summed E-state index contributed by atoms with van der Waals surface area (Å²) in [5.74, 6) is 1.93. The molecule has 1 aliphatic heterocycles. The van der Waals surface area contributed by atoms with Gasteiger partial charge in [-0.3, -0.25) is 9.59 Å². The van der Waals surface area contributed by atoms with Gasteiger partial charge >= 0.3 is 0 Å². The van der Waals surface area contributed by atoms with Gasteiger partial charge in [-0.25, -0.2) is 0 Å². The highest BCUT2D eigenvalue weighted by Crippen LogP contribution is 2.70. The van der Waals surface area contributed by atoms with Gasteiger partial charge in [-0.15, -0.1) is 0 Å². The summed E-state index contributed by atoms with van der Waals surface area (Å²) in [5.41, 5.74) is 6.12. The number of carbonyl (C=O) groups excluding carboxylic acids is 2. The molecule has 4 saturated carbocycles. The molecule has 176 valence electrons. The minimum atomic E-state index is -0.733. The molecule has 4 heteroatoms. The third-order valence-electron chi connectivity index (χ3n) is 11.2. The molecule has 3 unspecified atom stereocenters. The van der Waals surface area contributed by atoms with E-state index in [0.29, 0.717) is 17.8 Å². The van der Waals surface area contributed by atoms with Crippen LogP contribution in [0.5, 0.6) is 0 Å². The summed E-state index contributed by atoms with van der Waals surface area (Å²) in [6.07, 6.45) is 13.6. The van der Waals surface area contributed by atoms with E-state index >= 15 is 0 Å². The fourth-order valence-electron chi connectivity index (χ4n) is 9.33. The Morgan fingerprint density at radius 1 is 1.00 bits per heavy atom. The average Bonchev–Trinajstić information content (AvgIpc) is 3.24. The zero-order valence-electron chi connectivity index (χ0n) is 20.3. The van der Waals surface area contributed by atoms with Crippen LogP contribution in [0.4, 0.5) is 0 Å². The molecule has 2 N–H and O–H groups in total. The molecule has 1 aromatic carbocycles. The second-order valence-corrected chi connectivity index (χ2v) is 12.6. The number of amides is 2. The second kappa shape index (κ2) is 6.73. The van der Waals surface area contributed by atoms with Crippen LogP contribution in [0.1, 0.15) is 77.7 Å². The predicted octanol–water partition coefficient (Wildman–Crippen LogP) is 5.18. The van der Waals surface area contributed by atoms with Crippen molar-refractivity contribution < 1.29 is 9.59 Å². The Bertz CT molecular complexity index is 1040. The SMILES string of the molecule is CC1(C(N)=O)CC1(c1ccccc1)N1C(=O)C=C[C@@]2(C)C1CC[C@@H]1[C@H]2CC[C@]2(C)CCC[C@@H]12. The molecule has 0 radical (unpaired) electrons. The summed E-state index contributed by atoms with van der Waals surface area (Å²) in [5, 5.41) is 0. The molecule has 4 fully saturated rings. The van der Waals surface area contributed by atoms with Crippen LogP contribution in [-0.2, 0) is 15.1 Å². The number of carbonyl (C=O) groups is 2. The topological polar surface area (TPSA) is 63.4 Å². The van der Waals surface area contributed by atoms with Crippen molar-refractivity contribution in [2.45, 2.75) is 83.7 Å². The van der Waals surface area contributed by atoms with E-state index in [4.69, 9.17) is 5.73 Å². The minimum Gasteiger partial charge on any atom is -0.369 e. The van der Waals surface area contributed by atoms with Crippen LogP contribution < -0.4 is 5.73 Å². The first-order valence-electron chi connectivity index (χ1n) is 13.1. The van der Waals surface area contributed by atoms with Crippen molar-refractivity contribution in [3.8, 4) is 0 Å². The van der Waals surface area contributed by atoms with Gasteiger partial charge in [0.25, 0.3) is 0 Å². The molecule has 8 atom stereocenters. The van der Waals surface area contributed by atoms with Gasteiger partial charge in [0, 0.05) is 11.5 Å². The second-order valence-electron chi connectivity index (χ2n) is 12.6. The van der Waals surface area contributed by atoms with Crippen LogP contribution in [0.15, 0.2) is 42.5 Å². The van der Waals surface area contributed by atoms with Crippen LogP contribution >= 0.6 is 0 Å². The summed E-state index contributed by atoms with van der Waals surface area (Å²) in [6, 6.07) is 10.3. The molecule has 4 nitrogen and oxygen atoms in total. The van der Waals surface area contributed by atoms with Crippen molar-refractivity contribution >= 4 is 11.8 Å². The van der Waals surface area contributed by atoms with Crippen LogP contribution in [0.2, 0.25) is 0 Å². The van der Waals surface area contributed by atoms with E-state index < -0.39 is 11.0 Å². The van der Waals surface area contributed by atoms with Gasteiger partial charge in [-0.1, -0.05) is 56.7 Å². The Morgan fingerprint density at radius 2 is 1.76 bits per heavy atom. The van der Waals surface area contributed by atoms with Crippen LogP contribution in [0.3, 0.4) is 0 Å². The Morgan fingerprint density at radius 3 is 2.45 bits per heavy atom. The maximum absolute atomic E-state index is 13.6. The van der Waals surface area contributed by atoms with Crippen LogP contribution in [-0.4, -0.2) is 22.8 Å². The number of fused-ring (bicyclic) bond motifs is 5. The van der Waals surface area contributed by atoms with Gasteiger partial charge in [0.1, 0.15) is 0 Å². The summed E-state index contributed by atoms with van der Waals surface area (Å²) in [4.78, 5) is 28.5. The Balaban J connectivity index is 1.44. The molecule has 33 heavy (non-hydrogen) atoms. The van der Waals surface area contributed by atoms with E-state index in [-0.39, 0.29) is 23.3 Å². The molecular weight excluding hydrogens is 408 g/mol. The molecule has 0 aromatic heterocycles. The van der Waals surface area contributed by atoms with Gasteiger partial charge < -0.3 is 10.6 Å². The monoisotopic (exact) mass is 446 g/mol. The highest BCUT2D eigenvalue weighted by Gasteiger charge is 2.75. The highest BCUT2D eigenvalue weighted by atomic mass is 16.2. The number of hydrogen-bond acceptors (Lipinski definition) is 2. The third kappa shape index (κ3) is 2.58. The quantitative estimate of drug-likeness (QED) is 0.696. The molecular formula is C29H38N2O2. The Hall–Kier alpha value is -2.10. The lowest BCUT2D eigenvalue weighted by molar-refractivity contribution is -0.150. The van der Waals surface area contributed by atoms with Crippen molar-refractivity contribution in [2.75, 3.05) is 0 Å². The third-order valence-corrected chi connectivity index (χ3v) is 11.2. The smallest absolute Gasteiger partial charge is 0.247 e. The molecule has 4 aliphatic carbocycles. The van der Waals surface area contributed by atoms with Gasteiger partial charge in [0.05, 0.1) is 11.0 Å². The fraction of sp³-hybridized carbons (Fsp3) is 0.655. The number of hydrogen-bond donors (Lipinski definition) is 1. The van der Waals surface area contributed by atoms with Crippen molar-refractivity contribution in [1.29, 1.82) is 0 Å². The Kier molecular flexibility index (Phi) is 4.37. The number of nitrogens with zero attached hydrogens (tertiary/aromatic N) is 1. The summed E-state index contributed by atoms with van der Waals surface area (Å²) >= 11 is 0. The lowest BCUT2D eigenvalue weighted by atomic mass is 9.48. The van der Waals surface area contributed by atoms with E-state index in [2.05, 4.69) is 37.0 Å². The molecule has 6 rings (SSSR count). The standard InChI is InChI=1S/C29H38N2O2/c1-26-15-7-10-21(26)20-11-12-23-27(2,22(20)13-16-26)17-14-24(32)31(23)29(18-28(29,3)25(30)33)19-8-5-4-6-9-19/h4-6,8-9,14,17,20-23H,7,10-13,15-16,18H2,1-3H3,(H2,30,33)/t20-,21-,22+,23?,26-,27+,28?,29?/m0/s1. The first-order chi connectivity index (χ1) is 15.7. The maximum atomic E-state index is 13.6. The van der Waals surface area contributed by atoms with Crippen molar-refractivity contribution in [2.24, 2.45) is 39.7 Å². The van der Waals surface area contributed by atoms with Gasteiger partial charge in [-0.05, 0) is 86.7 Å². The lowest BCUT2D eigenvalue weighted by Gasteiger charge is -2.61. The number of rotatable bonds is 3. The minimum absolute atomic E-state index is 0.0475. The van der Waals surface area contributed by atoms with E-state index in [1.165, 1.54) is 38.5 Å². The summed E-state index contributed by atoms with van der Waals surface area (Å²) < 4.78 is 0. The van der Waals surface area contributed by atoms with Gasteiger partial charge in [0.2, 0.25) is 11.8 Å². The zero-order valence-corrected chi connectivity index (χ0v) is 20.3. The molecule has 0 saturated heterocycles. The highest BCUT2D eigenvalue weighted by molar-refractivity contribution is 5.94. The zero-order chi connectivity index (χ0) is 23.2. The van der Waals surface area contributed by atoms with Crippen molar-refractivity contribution in [3.05, 3.63) is 48.0 Å². The molecule has 0 spiro atoms. The van der Waals surface area contributed by atoms with Gasteiger partial charge in [-0.2, -0.15) is 0 Å². The van der Waals surface area contributed by atoms with Crippen molar-refractivity contribution in [3.63, 3.8) is 0 Å².